The van der Waals surface area contributed by atoms with Crippen molar-refractivity contribution in [3.05, 3.63) is 29.6 Å². The summed E-state index contributed by atoms with van der Waals surface area (Å²) in [5.41, 5.74) is 6.96. The molecule has 108 valence electrons. The predicted molar refractivity (Wildman–Crippen MR) is 75.6 cm³/mol. The summed E-state index contributed by atoms with van der Waals surface area (Å²) in [6.45, 7) is 5.06. The average molecular weight is 276 g/mol. The van der Waals surface area contributed by atoms with Crippen LogP contribution in [0.1, 0.15) is 35.7 Å². The average Bonchev–Trinajstić information content (AvgIpc) is 2.46. The summed E-state index contributed by atoms with van der Waals surface area (Å²) in [4.78, 5) is 18.2. The Morgan fingerprint density at radius 1 is 1.45 bits per heavy atom. The molecule has 1 aromatic heterocycles. The molecule has 1 aromatic rings. The highest BCUT2D eigenvalue weighted by atomic mass is 16.4. The molecule has 0 radical (unpaired) electrons. The van der Waals surface area contributed by atoms with Gasteiger partial charge < -0.3 is 15.8 Å². The van der Waals surface area contributed by atoms with Gasteiger partial charge in [0.05, 0.1) is 5.56 Å². The molecule has 1 fully saturated rings. The third-order valence-electron chi connectivity index (χ3n) is 4.00. The van der Waals surface area contributed by atoms with Crippen molar-refractivity contribution in [2.45, 2.75) is 26.7 Å². The molecule has 1 amide bonds. The first-order valence-electron chi connectivity index (χ1n) is 6.65. The Hall–Kier alpha value is -2.11. The molecule has 0 spiro atoms. The van der Waals surface area contributed by atoms with Crippen LogP contribution in [-0.4, -0.2) is 39.9 Å². The zero-order chi connectivity index (χ0) is 14.8. The molecule has 0 aliphatic carbocycles. The van der Waals surface area contributed by atoms with Crippen molar-refractivity contribution in [3.63, 3.8) is 0 Å². The standard InChI is InChI=1S/C14H20N4O2/c1-10-7-11(9-16-8-10)12(19)18-5-3-14(2,4-6-18)13(15)17-20/h7-9,20H,3-6H2,1-2H3,(H2,15,17). The van der Waals surface area contributed by atoms with E-state index >= 15 is 0 Å². The summed E-state index contributed by atoms with van der Waals surface area (Å²) < 4.78 is 0. The molecule has 2 heterocycles. The number of amidine groups is 1. The third kappa shape index (κ3) is 2.74. The maximum Gasteiger partial charge on any atom is 0.255 e. The number of likely N-dealkylation sites (tertiary alicyclic amines) is 1. The van der Waals surface area contributed by atoms with Gasteiger partial charge in [-0.1, -0.05) is 12.1 Å². The van der Waals surface area contributed by atoms with Gasteiger partial charge in [0.2, 0.25) is 0 Å². The van der Waals surface area contributed by atoms with Crippen LogP contribution in [0, 0.1) is 12.3 Å². The molecule has 1 saturated heterocycles. The third-order valence-corrected chi connectivity index (χ3v) is 4.00. The lowest BCUT2D eigenvalue weighted by molar-refractivity contribution is 0.0666. The minimum atomic E-state index is -0.337. The molecule has 0 bridgehead atoms. The van der Waals surface area contributed by atoms with Crippen molar-refractivity contribution >= 4 is 11.7 Å². The van der Waals surface area contributed by atoms with Crippen LogP contribution in [0.4, 0.5) is 0 Å². The number of pyridine rings is 1. The Bertz CT molecular complexity index is 534. The normalized spacial score (nSPS) is 18.9. The predicted octanol–water partition coefficient (Wildman–Crippen LogP) is 1.38. The maximum absolute atomic E-state index is 12.4. The minimum Gasteiger partial charge on any atom is -0.409 e. The number of hydrogen-bond acceptors (Lipinski definition) is 4. The van der Waals surface area contributed by atoms with E-state index < -0.39 is 0 Å². The fourth-order valence-electron chi connectivity index (χ4n) is 2.43. The number of aromatic nitrogens is 1. The number of rotatable bonds is 2. The smallest absolute Gasteiger partial charge is 0.255 e. The van der Waals surface area contributed by atoms with Crippen molar-refractivity contribution < 1.29 is 10.0 Å². The second-order valence-electron chi connectivity index (χ2n) is 5.59. The Labute approximate surface area is 118 Å². The Morgan fingerprint density at radius 3 is 2.65 bits per heavy atom. The number of hydrogen-bond donors (Lipinski definition) is 2. The second-order valence-corrected chi connectivity index (χ2v) is 5.59. The lowest BCUT2D eigenvalue weighted by Crippen LogP contribution is -2.47. The van der Waals surface area contributed by atoms with Crippen molar-refractivity contribution in [1.82, 2.24) is 9.88 Å². The molecule has 2 rings (SSSR count). The molecule has 1 aliphatic rings. The zero-order valence-corrected chi connectivity index (χ0v) is 11.8. The fourth-order valence-corrected chi connectivity index (χ4v) is 2.43. The molecule has 0 atom stereocenters. The van der Waals surface area contributed by atoms with Gasteiger partial charge >= 0.3 is 0 Å². The number of aryl methyl sites for hydroxylation is 1. The Morgan fingerprint density at radius 2 is 2.10 bits per heavy atom. The quantitative estimate of drug-likeness (QED) is 0.369. The van der Waals surface area contributed by atoms with Crippen molar-refractivity contribution in [1.29, 1.82) is 0 Å². The van der Waals surface area contributed by atoms with Gasteiger partial charge in [0.25, 0.3) is 5.91 Å². The number of nitrogens with zero attached hydrogens (tertiary/aromatic N) is 3. The lowest BCUT2D eigenvalue weighted by atomic mass is 9.79. The molecule has 0 saturated carbocycles. The SMILES string of the molecule is Cc1cncc(C(=O)N2CCC(C)(/C(N)=N/O)CC2)c1. The first-order valence-corrected chi connectivity index (χ1v) is 6.65. The largest absolute Gasteiger partial charge is 0.409 e. The number of amides is 1. The van der Waals surface area contributed by atoms with Crippen molar-refractivity contribution in [2.24, 2.45) is 16.3 Å². The topological polar surface area (TPSA) is 91.8 Å². The molecule has 1 aliphatic heterocycles. The lowest BCUT2D eigenvalue weighted by Gasteiger charge is -2.38. The van der Waals surface area contributed by atoms with E-state index in [0.29, 0.717) is 31.5 Å². The first-order chi connectivity index (χ1) is 9.46. The maximum atomic E-state index is 12.4. The van der Waals surface area contributed by atoms with Gasteiger partial charge in [0, 0.05) is 30.9 Å². The van der Waals surface area contributed by atoms with Gasteiger partial charge in [-0.3, -0.25) is 9.78 Å². The summed E-state index contributed by atoms with van der Waals surface area (Å²) in [6, 6.07) is 1.84. The van der Waals surface area contributed by atoms with Crippen molar-refractivity contribution in [3.8, 4) is 0 Å². The summed E-state index contributed by atoms with van der Waals surface area (Å²) in [6.07, 6.45) is 4.69. The zero-order valence-electron chi connectivity index (χ0n) is 11.8. The second kappa shape index (κ2) is 5.48. The van der Waals surface area contributed by atoms with Gasteiger partial charge in [-0.2, -0.15) is 0 Å². The highest BCUT2D eigenvalue weighted by molar-refractivity contribution is 5.94. The van der Waals surface area contributed by atoms with E-state index in [1.54, 1.807) is 17.3 Å². The van der Waals surface area contributed by atoms with Crippen LogP contribution in [0.3, 0.4) is 0 Å². The van der Waals surface area contributed by atoms with E-state index in [0.717, 1.165) is 5.56 Å². The van der Waals surface area contributed by atoms with Gasteiger partial charge in [-0.25, -0.2) is 0 Å². The summed E-state index contributed by atoms with van der Waals surface area (Å²) in [5, 5.41) is 11.9. The van der Waals surface area contributed by atoms with Gasteiger partial charge in [-0.15, -0.1) is 0 Å². The highest BCUT2D eigenvalue weighted by Crippen LogP contribution is 2.31. The number of oxime groups is 1. The first kappa shape index (κ1) is 14.3. The molecule has 20 heavy (non-hydrogen) atoms. The number of nitrogens with two attached hydrogens (primary N) is 1. The fraction of sp³-hybridized carbons (Fsp3) is 0.500. The number of carbonyl (C=O) groups excluding carboxylic acids is 1. The van der Waals surface area contributed by atoms with Gasteiger partial charge in [0.15, 0.2) is 0 Å². The van der Waals surface area contributed by atoms with Crippen LogP contribution < -0.4 is 5.73 Å². The molecule has 3 N–H and O–H groups in total. The molecular weight excluding hydrogens is 256 g/mol. The van der Waals surface area contributed by atoms with E-state index in [-0.39, 0.29) is 17.2 Å². The van der Waals surface area contributed by atoms with E-state index in [1.165, 1.54) is 0 Å². The summed E-state index contributed by atoms with van der Waals surface area (Å²) in [7, 11) is 0. The van der Waals surface area contributed by atoms with Crippen LogP contribution >= 0.6 is 0 Å². The number of carbonyl (C=O) groups is 1. The molecular formula is C14H20N4O2. The highest BCUT2D eigenvalue weighted by Gasteiger charge is 2.35. The van der Waals surface area contributed by atoms with Gasteiger partial charge in [0.1, 0.15) is 5.84 Å². The van der Waals surface area contributed by atoms with Crippen LogP contribution in [0.25, 0.3) is 0 Å². The van der Waals surface area contributed by atoms with Crippen molar-refractivity contribution in [2.75, 3.05) is 13.1 Å². The van der Waals surface area contributed by atoms with Crippen LogP contribution in [0.5, 0.6) is 0 Å². The van der Waals surface area contributed by atoms with E-state index in [1.807, 2.05) is 19.9 Å². The Balaban J connectivity index is 2.06. The van der Waals surface area contributed by atoms with Crippen LogP contribution in [-0.2, 0) is 0 Å². The molecule has 0 aromatic carbocycles. The molecule has 6 nitrogen and oxygen atoms in total. The number of piperidine rings is 1. The van der Waals surface area contributed by atoms with Crippen LogP contribution in [0.15, 0.2) is 23.6 Å². The Kier molecular flexibility index (Phi) is 3.92. The summed E-state index contributed by atoms with van der Waals surface area (Å²) >= 11 is 0. The molecule has 0 unspecified atom stereocenters. The van der Waals surface area contributed by atoms with E-state index in [2.05, 4.69) is 10.1 Å². The monoisotopic (exact) mass is 276 g/mol. The van der Waals surface area contributed by atoms with Gasteiger partial charge in [-0.05, 0) is 31.4 Å². The summed E-state index contributed by atoms with van der Waals surface area (Å²) in [5.74, 6) is 0.226. The van der Waals surface area contributed by atoms with E-state index in [4.69, 9.17) is 10.9 Å². The molecule has 6 heteroatoms. The van der Waals surface area contributed by atoms with Crippen LogP contribution in [0.2, 0.25) is 0 Å². The minimum absolute atomic E-state index is 0.0113. The van der Waals surface area contributed by atoms with E-state index in [9.17, 15) is 4.79 Å².